The molecule has 6 nitrogen and oxygen atoms in total. The molecule has 0 saturated carbocycles. The number of hydrogen-bond acceptors (Lipinski definition) is 7. The van der Waals surface area contributed by atoms with Gasteiger partial charge in [-0.15, -0.1) is 11.3 Å². The van der Waals surface area contributed by atoms with Crippen molar-refractivity contribution >= 4 is 49.1 Å². The summed E-state index contributed by atoms with van der Waals surface area (Å²) in [4.78, 5) is 22.5. The van der Waals surface area contributed by atoms with E-state index < -0.39 is 10.0 Å². The van der Waals surface area contributed by atoms with Crippen molar-refractivity contribution < 1.29 is 13.2 Å². The zero-order chi connectivity index (χ0) is 22.6. The maximum absolute atomic E-state index is 12.8. The van der Waals surface area contributed by atoms with Crippen molar-refractivity contribution in [1.29, 1.82) is 0 Å². The highest BCUT2D eigenvalue weighted by atomic mass is 32.2. The Labute approximate surface area is 195 Å². The maximum atomic E-state index is 12.8. The Hall–Kier alpha value is -2.59. The molecule has 0 atom stereocenters. The average Bonchev–Trinajstić information content (AvgIpc) is 3.22. The molecule has 4 aromatic rings. The van der Waals surface area contributed by atoms with Gasteiger partial charge in [-0.3, -0.25) is 4.79 Å². The monoisotopic (exact) mass is 483 g/mol. The van der Waals surface area contributed by atoms with Crippen LogP contribution in [0.2, 0.25) is 0 Å². The zero-order valence-corrected chi connectivity index (χ0v) is 19.8. The van der Waals surface area contributed by atoms with Crippen LogP contribution in [-0.2, 0) is 16.4 Å². The van der Waals surface area contributed by atoms with Gasteiger partial charge in [0.05, 0.1) is 17.4 Å². The minimum atomic E-state index is -3.20. The number of thiophene rings is 1. The molecule has 1 N–H and O–H groups in total. The van der Waals surface area contributed by atoms with Gasteiger partial charge in [0, 0.05) is 23.1 Å². The predicted molar refractivity (Wildman–Crippen MR) is 131 cm³/mol. The van der Waals surface area contributed by atoms with Crippen LogP contribution in [-0.4, -0.2) is 42.7 Å². The Balaban J connectivity index is 1.45. The van der Waals surface area contributed by atoms with Crippen LogP contribution >= 0.6 is 23.1 Å². The van der Waals surface area contributed by atoms with Gasteiger partial charge in [0.15, 0.2) is 5.78 Å². The number of fused-ring (bicyclic) bond motifs is 1. The molecule has 0 aliphatic heterocycles. The highest BCUT2D eigenvalue weighted by molar-refractivity contribution is 8.00. The molecule has 164 valence electrons. The summed E-state index contributed by atoms with van der Waals surface area (Å²) in [5, 5.41) is 3.86. The van der Waals surface area contributed by atoms with Crippen LogP contribution in [0.25, 0.3) is 21.3 Å². The highest BCUT2D eigenvalue weighted by Gasteiger charge is 2.15. The molecule has 0 radical (unpaired) electrons. The van der Waals surface area contributed by atoms with E-state index in [1.165, 1.54) is 11.8 Å². The van der Waals surface area contributed by atoms with Crippen molar-refractivity contribution in [2.45, 2.75) is 11.4 Å². The van der Waals surface area contributed by atoms with E-state index >= 15 is 0 Å². The zero-order valence-electron chi connectivity index (χ0n) is 17.3. The molecular weight excluding hydrogens is 462 g/mol. The number of carbonyl (C=O) groups is 1. The Kier molecular flexibility index (Phi) is 7.00. The summed E-state index contributed by atoms with van der Waals surface area (Å²) >= 11 is 2.99. The fourth-order valence-electron chi connectivity index (χ4n) is 3.24. The third-order valence-corrected chi connectivity index (χ3v) is 7.42. The average molecular weight is 484 g/mol. The van der Waals surface area contributed by atoms with Gasteiger partial charge in [-0.1, -0.05) is 66.4 Å². The Morgan fingerprint density at radius 3 is 2.53 bits per heavy atom. The minimum absolute atomic E-state index is 0.0130. The van der Waals surface area contributed by atoms with Gasteiger partial charge < -0.3 is 0 Å². The molecule has 4 rings (SSSR count). The first-order chi connectivity index (χ1) is 15.4. The normalized spacial score (nSPS) is 11.7. The number of ketones is 1. The number of nitrogens with zero attached hydrogens (tertiary/aromatic N) is 2. The van der Waals surface area contributed by atoms with E-state index in [0.29, 0.717) is 18.5 Å². The Bertz CT molecular complexity index is 1340. The summed E-state index contributed by atoms with van der Waals surface area (Å²) in [5.74, 6) is 0.282. The van der Waals surface area contributed by atoms with Crippen LogP contribution in [0.1, 0.15) is 15.9 Å². The fourth-order valence-corrected chi connectivity index (χ4v) is 5.60. The van der Waals surface area contributed by atoms with Crippen molar-refractivity contribution in [2.75, 3.05) is 18.6 Å². The van der Waals surface area contributed by atoms with E-state index in [9.17, 15) is 13.2 Å². The second-order valence-electron chi connectivity index (χ2n) is 7.20. The smallest absolute Gasteiger partial charge is 0.208 e. The van der Waals surface area contributed by atoms with E-state index in [-0.39, 0.29) is 11.5 Å². The number of nitrogens with one attached hydrogen (secondary N) is 1. The fraction of sp³-hybridized carbons (Fsp3) is 0.174. The van der Waals surface area contributed by atoms with Crippen molar-refractivity contribution in [3.05, 3.63) is 77.4 Å². The second-order valence-corrected chi connectivity index (χ2v) is 10.9. The standard InChI is InChI=1S/C23H21N3O3S3/c1-32(28,29)26-12-11-16-7-9-18(10-8-16)20(27)14-31-23-21-19(17-5-3-2-4-6-17)13-30-22(21)24-15-25-23/h2-10,13,15,26H,11-12,14H2,1H3. The quantitative estimate of drug-likeness (QED) is 0.215. The van der Waals surface area contributed by atoms with Gasteiger partial charge in [-0.25, -0.2) is 23.1 Å². The lowest BCUT2D eigenvalue weighted by atomic mass is 10.1. The van der Waals surface area contributed by atoms with Crippen molar-refractivity contribution in [3.63, 3.8) is 0 Å². The highest BCUT2D eigenvalue weighted by Crippen LogP contribution is 2.37. The number of benzene rings is 2. The molecular formula is C23H21N3O3S3. The van der Waals surface area contributed by atoms with Crippen LogP contribution in [0, 0.1) is 0 Å². The largest absolute Gasteiger partial charge is 0.293 e. The molecule has 2 aromatic carbocycles. The van der Waals surface area contributed by atoms with Gasteiger partial charge in [-0.05, 0) is 17.5 Å². The summed E-state index contributed by atoms with van der Waals surface area (Å²) in [6.07, 6.45) is 3.24. The van der Waals surface area contributed by atoms with Gasteiger partial charge >= 0.3 is 0 Å². The number of sulfonamides is 1. The van der Waals surface area contributed by atoms with Crippen LogP contribution in [0.3, 0.4) is 0 Å². The summed E-state index contributed by atoms with van der Waals surface area (Å²) in [6.45, 7) is 0.329. The third kappa shape index (κ3) is 5.60. The SMILES string of the molecule is CS(=O)(=O)NCCc1ccc(C(=O)CSc2ncnc3scc(-c4ccccc4)c23)cc1. The second kappa shape index (κ2) is 9.91. The van der Waals surface area contributed by atoms with E-state index in [4.69, 9.17) is 0 Å². The van der Waals surface area contributed by atoms with Gasteiger partial charge in [0.2, 0.25) is 10.0 Å². The number of carbonyl (C=O) groups excluding carboxylic acids is 1. The molecule has 32 heavy (non-hydrogen) atoms. The first-order valence-corrected chi connectivity index (χ1v) is 13.6. The molecule has 9 heteroatoms. The molecule has 0 unspecified atom stereocenters. The van der Waals surface area contributed by atoms with Gasteiger partial charge in [-0.2, -0.15) is 0 Å². The Morgan fingerprint density at radius 2 is 1.81 bits per heavy atom. The third-order valence-electron chi connectivity index (χ3n) is 4.81. The van der Waals surface area contributed by atoms with E-state index in [1.54, 1.807) is 29.8 Å². The number of thioether (sulfide) groups is 1. The van der Waals surface area contributed by atoms with E-state index in [1.807, 2.05) is 30.3 Å². The molecule has 0 aliphatic rings. The molecule has 0 bridgehead atoms. The maximum Gasteiger partial charge on any atom is 0.208 e. The molecule has 2 heterocycles. The molecule has 0 fully saturated rings. The van der Waals surface area contributed by atoms with Crippen LogP contribution in [0.15, 0.2) is 71.3 Å². The lowest BCUT2D eigenvalue weighted by molar-refractivity contribution is 0.102. The summed E-state index contributed by atoms with van der Waals surface area (Å²) < 4.78 is 24.8. The number of aromatic nitrogens is 2. The van der Waals surface area contributed by atoms with Crippen LogP contribution in [0.4, 0.5) is 0 Å². The van der Waals surface area contributed by atoms with Crippen LogP contribution in [0.5, 0.6) is 0 Å². The Morgan fingerprint density at radius 1 is 1.06 bits per heavy atom. The lowest BCUT2D eigenvalue weighted by Gasteiger charge is -2.06. The molecule has 0 aliphatic carbocycles. The summed E-state index contributed by atoms with van der Waals surface area (Å²) in [6, 6.07) is 17.4. The molecule has 0 amide bonds. The lowest BCUT2D eigenvalue weighted by Crippen LogP contribution is -2.24. The van der Waals surface area contributed by atoms with Crippen LogP contribution < -0.4 is 4.72 Å². The number of hydrogen-bond donors (Lipinski definition) is 1. The first kappa shape index (κ1) is 22.6. The summed E-state index contributed by atoms with van der Waals surface area (Å²) in [5.41, 5.74) is 3.76. The van der Waals surface area contributed by atoms with E-state index in [2.05, 4.69) is 32.2 Å². The van der Waals surface area contributed by atoms with Crippen molar-refractivity contribution in [1.82, 2.24) is 14.7 Å². The van der Waals surface area contributed by atoms with Crippen molar-refractivity contribution in [2.24, 2.45) is 0 Å². The summed E-state index contributed by atoms with van der Waals surface area (Å²) in [7, 11) is -3.20. The van der Waals surface area contributed by atoms with Gasteiger partial charge in [0.25, 0.3) is 0 Å². The molecule has 2 aromatic heterocycles. The minimum Gasteiger partial charge on any atom is -0.293 e. The number of Topliss-reactive ketones (excluding diaryl/α,β-unsaturated/α-hetero) is 1. The first-order valence-electron chi connectivity index (χ1n) is 9.88. The molecule has 0 saturated heterocycles. The van der Waals surface area contributed by atoms with Gasteiger partial charge in [0.1, 0.15) is 16.2 Å². The molecule has 0 spiro atoms. The number of rotatable bonds is 9. The topological polar surface area (TPSA) is 89.0 Å². The van der Waals surface area contributed by atoms with Crippen molar-refractivity contribution in [3.8, 4) is 11.1 Å². The predicted octanol–water partition coefficient (Wildman–Crippen LogP) is 4.43. The van der Waals surface area contributed by atoms with E-state index in [0.717, 1.165) is 38.2 Å².